The molecule has 0 saturated carbocycles. The standard InChI is InChI=1S/C16H32O2/c1-4-16(2,3)14-12-10-8-6-5-7-9-11-13-15(17)18/h4-14H2,1-3H3,(H,17,18). The summed E-state index contributed by atoms with van der Waals surface area (Å²) in [7, 11) is 0. The largest absolute Gasteiger partial charge is 0.481 e. The van der Waals surface area contributed by atoms with E-state index < -0.39 is 5.97 Å². The van der Waals surface area contributed by atoms with Gasteiger partial charge in [0, 0.05) is 6.42 Å². The molecular weight excluding hydrogens is 224 g/mol. The summed E-state index contributed by atoms with van der Waals surface area (Å²) in [5, 5.41) is 8.50. The molecule has 0 aromatic carbocycles. The maximum atomic E-state index is 10.3. The van der Waals surface area contributed by atoms with Crippen molar-refractivity contribution in [1.82, 2.24) is 0 Å². The van der Waals surface area contributed by atoms with E-state index in [9.17, 15) is 4.79 Å². The van der Waals surface area contributed by atoms with Gasteiger partial charge in [-0.15, -0.1) is 0 Å². The molecule has 0 radical (unpaired) electrons. The van der Waals surface area contributed by atoms with Gasteiger partial charge in [-0.2, -0.15) is 0 Å². The van der Waals surface area contributed by atoms with Gasteiger partial charge in [-0.25, -0.2) is 0 Å². The summed E-state index contributed by atoms with van der Waals surface area (Å²) in [5.41, 5.74) is 0.525. The Bertz CT molecular complexity index is 209. The third kappa shape index (κ3) is 11.9. The SMILES string of the molecule is CCC(C)(C)CCCCCCCCCCC(=O)O. The van der Waals surface area contributed by atoms with Gasteiger partial charge >= 0.3 is 5.97 Å². The minimum atomic E-state index is -0.659. The van der Waals surface area contributed by atoms with Crippen molar-refractivity contribution in [2.75, 3.05) is 0 Å². The van der Waals surface area contributed by atoms with Crippen molar-refractivity contribution >= 4 is 5.97 Å². The molecule has 0 aromatic heterocycles. The molecule has 0 rings (SSSR count). The molecule has 0 fully saturated rings. The molecule has 0 saturated heterocycles. The molecule has 2 heteroatoms. The zero-order chi connectivity index (χ0) is 13.9. The van der Waals surface area contributed by atoms with E-state index in [4.69, 9.17) is 5.11 Å². The summed E-state index contributed by atoms with van der Waals surface area (Å²) in [4.78, 5) is 10.3. The first kappa shape index (κ1) is 17.5. The first-order valence-corrected chi connectivity index (χ1v) is 7.70. The van der Waals surface area contributed by atoms with Crippen molar-refractivity contribution in [2.24, 2.45) is 5.41 Å². The molecule has 0 aliphatic carbocycles. The molecule has 1 N–H and O–H groups in total. The van der Waals surface area contributed by atoms with Crippen LogP contribution in [0.4, 0.5) is 0 Å². The van der Waals surface area contributed by atoms with Crippen LogP contribution in [0.2, 0.25) is 0 Å². The summed E-state index contributed by atoms with van der Waals surface area (Å²) < 4.78 is 0. The summed E-state index contributed by atoms with van der Waals surface area (Å²) in [5.74, 6) is -0.659. The Balaban J connectivity index is 3.15. The van der Waals surface area contributed by atoms with Crippen molar-refractivity contribution in [2.45, 2.75) is 91.4 Å². The molecule has 0 unspecified atom stereocenters. The van der Waals surface area contributed by atoms with Crippen LogP contribution < -0.4 is 0 Å². The number of unbranched alkanes of at least 4 members (excludes halogenated alkanes) is 7. The van der Waals surface area contributed by atoms with Gasteiger partial charge in [-0.05, 0) is 18.3 Å². The lowest BCUT2D eigenvalue weighted by Gasteiger charge is -2.22. The van der Waals surface area contributed by atoms with Crippen LogP contribution in [-0.4, -0.2) is 11.1 Å². The lowest BCUT2D eigenvalue weighted by molar-refractivity contribution is -0.137. The number of hydrogen-bond donors (Lipinski definition) is 1. The number of carboxylic acid groups (broad SMARTS) is 1. The minimum Gasteiger partial charge on any atom is -0.481 e. The third-order valence-electron chi connectivity index (χ3n) is 3.95. The Labute approximate surface area is 113 Å². The molecule has 0 bridgehead atoms. The highest BCUT2D eigenvalue weighted by atomic mass is 16.4. The molecule has 0 aliphatic rings. The lowest BCUT2D eigenvalue weighted by Crippen LogP contribution is -2.08. The zero-order valence-electron chi connectivity index (χ0n) is 12.6. The average Bonchev–Trinajstić information content (AvgIpc) is 2.31. The van der Waals surface area contributed by atoms with Gasteiger partial charge in [0.15, 0.2) is 0 Å². The van der Waals surface area contributed by atoms with Crippen molar-refractivity contribution < 1.29 is 9.90 Å². The van der Waals surface area contributed by atoms with Crippen molar-refractivity contribution in [3.8, 4) is 0 Å². The van der Waals surface area contributed by atoms with E-state index in [-0.39, 0.29) is 0 Å². The molecule has 0 amide bonds. The summed E-state index contributed by atoms with van der Waals surface area (Å²) in [6, 6.07) is 0. The fraction of sp³-hybridized carbons (Fsp3) is 0.938. The van der Waals surface area contributed by atoms with Crippen LogP contribution in [-0.2, 0) is 4.79 Å². The highest BCUT2D eigenvalue weighted by Gasteiger charge is 2.13. The second-order valence-corrected chi connectivity index (χ2v) is 6.24. The molecule has 0 atom stereocenters. The van der Waals surface area contributed by atoms with E-state index in [1.807, 2.05) is 0 Å². The predicted octanol–water partition coefficient (Wildman–Crippen LogP) is 5.41. The van der Waals surface area contributed by atoms with Gasteiger partial charge in [0.25, 0.3) is 0 Å². The Morgan fingerprint density at radius 3 is 1.78 bits per heavy atom. The number of carbonyl (C=O) groups is 1. The van der Waals surface area contributed by atoms with Gasteiger partial charge in [-0.3, -0.25) is 4.79 Å². The van der Waals surface area contributed by atoms with E-state index in [1.54, 1.807) is 0 Å². The molecule has 0 aromatic rings. The number of hydrogen-bond acceptors (Lipinski definition) is 1. The maximum absolute atomic E-state index is 10.3. The summed E-state index contributed by atoms with van der Waals surface area (Å²) >= 11 is 0. The molecule has 0 heterocycles. The number of aliphatic carboxylic acids is 1. The van der Waals surface area contributed by atoms with E-state index in [1.165, 1.54) is 51.4 Å². The topological polar surface area (TPSA) is 37.3 Å². The van der Waals surface area contributed by atoms with Crippen LogP contribution in [0.1, 0.15) is 91.4 Å². The Kier molecular flexibility index (Phi) is 10.1. The van der Waals surface area contributed by atoms with Crippen LogP contribution in [0.25, 0.3) is 0 Å². The van der Waals surface area contributed by atoms with Crippen LogP contribution in [0.15, 0.2) is 0 Å². The van der Waals surface area contributed by atoms with E-state index in [2.05, 4.69) is 20.8 Å². The Morgan fingerprint density at radius 1 is 0.889 bits per heavy atom. The summed E-state index contributed by atoms with van der Waals surface area (Å²) in [6.45, 7) is 6.99. The van der Waals surface area contributed by atoms with Crippen LogP contribution in [0, 0.1) is 5.41 Å². The fourth-order valence-electron chi connectivity index (χ4n) is 2.12. The molecule has 2 nitrogen and oxygen atoms in total. The smallest absolute Gasteiger partial charge is 0.303 e. The van der Waals surface area contributed by atoms with Gasteiger partial charge in [0.1, 0.15) is 0 Å². The first-order chi connectivity index (χ1) is 8.48. The number of rotatable bonds is 12. The van der Waals surface area contributed by atoms with Crippen LogP contribution in [0.5, 0.6) is 0 Å². The van der Waals surface area contributed by atoms with E-state index >= 15 is 0 Å². The third-order valence-corrected chi connectivity index (χ3v) is 3.95. The zero-order valence-corrected chi connectivity index (χ0v) is 12.6. The summed E-state index contributed by atoms with van der Waals surface area (Å²) in [6.07, 6.45) is 12.8. The van der Waals surface area contributed by atoms with Crippen LogP contribution >= 0.6 is 0 Å². The predicted molar refractivity (Wildman–Crippen MR) is 77.9 cm³/mol. The fourth-order valence-corrected chi connectivity index (χ4v) is 2.12. The molecule has 18 heavy (non-hydrogen) atoms. The molecule has 108 valence electrons. The maximum Gasteiger partial charge on any atom is 0.303 e. The van der Waals surface area contributed by atoms with E-state index in [0.29, 0.717) is 11.8 Å². The number of carboxylic acids is 1. The van der Waals surface area contributed by atoms with Gasteiger partial charge < -0.3 is 5.11 Å². The minimum absolute atomic E-state index is 0.339. The van der Waals surface area contributed by atoms with Crippen molar-refractivity contribution in [1.29, 1.82) is 0 Å². The normalized spacial score (nSPS) is 11.7. The van der Waals surface area contributed by atoms with E-state index in [0.717, 1.165) is 12.8 Å². The highest BCUT2D eigenvalue weighted by Crippen LogP contribution is 2.27. The van der Waals surface area contributed by atoms with Gasteiger partial charge in [0.05, 0.1) is 0 Å². The molecular formula is C16H32O2. The Morgan fingerprint density at radius 2 is 1.33 bits per heavy atom. The van der Waals surface area contributed by atoms with Crippen molar-refractivity contribution in [3.05, 3.63) is 0 Å². The molecule has 0 aliphatic heterocycles. The van der Waals surface area contributed by atoms with Crippen molar-refractivity contribution in [3.63, 3.8) is 0 Å². The molecule has 0 spiro atoms. The first-order valence-electron chi connectivity index (χ1n) is 7.70. The van der Waals surface area contributed by atoms with Crippen LogP contribution in [0.3, 0.4) is 0 Å². The van der Waals surface area contributed by atoms with Gasteiger partial charge in [0.2, 0.25) is 0 Å². The Hall–Kier alpha value is -0.530. The monoisotopic (exact) mass is 256 g/mol. The highest BCUT2D eigenvalue weighted by molar-refractivity contribution is 5.66. The lowest BCUT2D eigenvalue weighted by atomic mass is 9.84. The quantitative estimate of drug-likeness (QED) is 0.474. The van der Waals surface area contributed by atoms with Gasteiger partial charge in [-0.1, -0.05) is 72.1 Å². The second-order valence-electron chi connectivity index (χ2n) is 6.24. The average molecular weight is 256 g/mol. The second kappa shape index (κ2) is 10.4.